The third-order valence-corrected chi connectivity index (χ3v) is 4.77. The van der Waals surface area contributed by atoms with Crippen molar-refractivity contribution in [3.05, 3.63) is 39.2 Å². The number of nitrogens with one attached hydrogen (secondary N) is 1. The Bertz CT molecular complexity index is 627. The summed E-state index contributed by atoms with van der Waals surface area (Å²) in [4.78, 5) is 16.1. The number of hydrogen-bond acceptors (Lipinski definition) is 5. The molecule has 6 heteroatoms. The fourth-order valence-electron chi connectivity index (χ4n) is 2.43. The maximum atomic E-state index is 11.7. The molecule has 1 aliphatic rings. The summed E-state index contributed by atoms with van der Waals surface area (Å²) in [5.41, 5.74) is 1.87. The molecule has 1 aliphatic carbocycles. The predicted octanol–water partition coefficient (Wildman–Crippen LogP) is 2.34. The predicted molar refractivity (Wildman–Crippen MR) is 83.7 cm³/mol. The Kier molecular flexibility index (Phi) is 3.88. The lowest BCUT2D eigenvalue weighted by Crippen LogP contribution is -2.23. The summed E-state index contributed by atoms with van der Waals surface area (Å²) in [6, 6.07) is 5.79. The van der Waals surface area contributed by atoms with E-state index in [2.05, 4.69) is 21.6 Å². The van der Waals surface area contributed by atoms with Crippen LogP contribution in [0.25, 0.3) is 0 Å². The average molecular weight is 302 g/mol. The monoisotopic (exact) mass is 302 g/mol. The molecule has 0 fully saturated rings. The van der Waals surface area contributed by atoms with Crippen LogP contribution < -0.4 is 5.32 Å². The van der Waals surface area contributed by atoms with Crippen molar-refractivity contribution in [1.82, 2.24) is 15.1 Å². The van der Waals surface area contributed by atoms with E-state index in [0.717, 1.165) is 6.54 Å². The molecule has 0 saturated heterocycles. The number of carbonyl (C=O) groups is 1. The summed E-state index contributed by atoms with van der Waals surface area (Å²) in [7, 11) is 3.40. The summed E-state index contributed by atoms with van der Waals surface area (Å²) in [6.45, 7) is 0.757. The van der Waals surface area contributed by atoms with Gasteiger partial charge in [0, 0.05) is 23.8 Å². The molecule has 3 rings (SSSR count). The van der Waals surface area contributed by atoms with E-state index in [1.807, 2.05) is 11.3 Å². The second-order valence-corrected chi connectivity index (χ2v) is 6.59. The third kappa shape index (κ3) is 3.05. The van der Waals surface area contributed by atoms with Crippen LogP contribution in [-0.4, -0.2) is 35.1 Å². The van der Waals surface area contributed by atoms with Crippen LogP contribution in [0.2, 0.25) is 0 Å². The molecule has 1 N–H and O–H groups in total. The van der Waals surface area contributed by atoms with Gasteiger partial charge in [-0.3, -0.25) is 4.79 Å². The first kappa shape index (κ1) is 14.0. The van der Waals surface area contributed by atoms with E-state index < -0.39 is 0 Å². The van der Waals surface area contributed by atoms with Gasteiger partial charge in [0.15, 0.2) is 5.69 Å². The summed E-state index contributed by atoms with van der Waals surface area (Å²) in [6.07, 6.45) is 3.73. The van der Waals surface area contributed by atoms with Crippen molar-refractivity contribution in [2.24, 2.45) is 0 Å². The highest BCUT2D eigenvalue weighted by atomic mass is 32.1. The molecule has 0 aliphatic heterocycles. The second kappa shape index (κ2) is 5.81. The van der Waals surface area contributed by atoms with Gasteiger partial charge in [-0.05, 0) is 43.0 Å². The number of rotatable bonds is 4. The Morgan fingerprint density at radius 2 is 2.19 bits per heavy atom. The standard InChI is InChI=1S/C15H18N4OS/c1-19(2)15(20)12-6-7-14(18-17-12)16-9-11-8-10-4-3-5-13(10)21-11/h6-8H,3-5,9H2,1-2H3,(H,16,18). The molecule has 0 unspecified atom stereocenters. The molecule has 21 heavy (non-hydrogen) atoms. The van der Waals surface area contributed by atoms with E-state index in [9.17, 15) is 4.79 Å². The molecule has 110 valence electrons. The minimum atomic E-state index is -0.135. The highest BCUT2D eigenvalue weighted by Crippen LogP contribution is 2.30. The van der Waals surface area contributed by atoms with Crippen LogP contribution in [0.5, 0.6) is 0 Å². The van der Waals surface area contributed by atoms with Crippen molar-refractivity contribution < 1.29 is 4.79 Å². The molecular formula is C15H18N4OS. The van der Waals surface area contributed by atoms with Crippen LogP contribution in [0.1, 0.15) is 32.2 Å². The van der Waals surface area contributed by atoms with Gasteiger partial charge in [-0.1, -0.05) is 0 Å². The van der Waals surface area contributed by atoms with Gasteiger partial charge in [-0.2, -0.15) is 0 Å². The lowest BCUT2D eigenvalue weighted by atomic mass is 10.2. The second-order valence-electron chi connectivity index (χ2n) is 5.37. The Balaban J connectivity index is 1.61. The quantitative estimate of drug-likeness (QED) is 0.942. The first-order valence-corrected chi connectivity index (χ1v) is 7.85. The number of thiophene rings is 1. The molecule has 0 spiro atoms. The largest absolute Gasteiger partial charge is 0.364 e. The summed E-state index contributed by atoms with van der Waals surface area (Å²) in [5, 5.41) is 11.3. The number of aromatic nitrogens is 2. The number of fused-ring (bicyclic) bond motifs is 1. The number of amides is 1. The minimum Gasteiger partial charge on any atom is -0.364 e. The molecule has 1 amide bonds. The maximum absolute atomic E-state index is 11.7. The van der Waals surface area contributed by atoms with E-state index in [1.165, 1.54) is 39.5 Å². The van der Waals surface area contributed by atoms with E-state index >= 15 is 0 Å². The lowest BCUT2D eigenvalue weighted by Gasteiger charge is -2.09. The zero-order valence-electron chi connectivity index (χ0n) is 12.2. The number of aryl methyl sites for hydroxylation is 2. The molecule has 2 aromatic heterocycles. The number of carbonyl (C=O) groups excluding carboxylic acids is 1. The summed E-state index contributed by atoms with van der Waals surface area (Å²) in [5.74, 6) is 0.558. The fourth-order valence-corrected chi connectivity index (χ4v) is 3.63. The van der Waals surface area contributed by atoms with Gasteiger partial charge >= 0.3 is 0 Å². The van der Waals surface area contributed by atoms with E-state index in [-0.39, 0.29) is 5.91 Å². The Morgan fingerprint density at radius 3 is 2.86 bits per heavy atom. The summed E-state index contributed by atoms with van der Waals surface area (Å²) >= 11 is 1.88. The first-order chi connectivity index (χ1) is 10.1. The van der Waals surface area contributed by atoms with E-state index in [1.54, 1.807) is 26.2 Å². The molecule has 0 atom stereocenters. The van der Waals surface area contributed by atoms with Gasteiger partial charge in [0.25, 0.3) is 5.91 Å². The zero-order chi connectivity index (χ0) is 14.8. The molecule has 0 radical (unpaired) electrons. The highest BCUT2D eigenvalue weighted by Gasteiger charge is 2.14. The SMILES string of the molecule is CN(C)C(=O)c1ccc(NCc2cc3c(s2)CCC3)nn1. The normalized spacial score (nSPS) is 13.0. The van der Waals surface area contributed by atoms with Crippen LogP contribution in [0.15, 0.2) is 18.2 Å². The Morgan fingerprint density at radius 1 is 1.33 bits per heavy atom. The van der Waals surface area contributed by atoms with Crippen LogP contribution in [0.3, 0.4) is 0 Å². The molecule has 2 aromatic rings. The Labute approximate surface area is 128 Å². The topological polar surface area (TPSA) is 58.1 Å². The van der Waals surface area contributed by atoms with E-state index in [0.29, 0.717) is 11.5 Å². The third-order valence-electron chi connectivity index (χ3n) is 3.53. The number of anilines is 1. The van der Waals surface area contributed by atoms with Crippen molar-refractivity contribution >= 4 is 23.1 Å². The van der Waals surface area contributed by atoms with Crippen molar-refractivity contribution in [2.45, 2.75) is 25.8 Å². The van der Waals surface area contributed by atoms with Gasteiger partial charge in [-0.25, -0.2) is 0 Å². The summed E-state index contributed by atoms with van der Waals surface area (Å²) < 4.78 is 0. The van der Waals surface area contributed by atoms with Crippen LogP contribution in [-0.2, 0) is 19.4 Å². The van der Waals surface area contributed by atoms with Crippen molar-refractivity contribution in [2.75, 3.05) is 19.4 Å². The highest BCUT2D eigenvalue weighted by molar-refractivity contribution is 7.12. The molecule has 0 bridgehead atoms. The molecule has 2 heterocycles. The van der Waals surface area contributed by atoms with Crippen LogP contribution in [0.4, 0.5) is 5.82 Å². The van der Waals surface area contributed by atoms with Gasteiger partial charge in [0.05, 0.1) is 6.54 Å². The number of hydrogen-bond donors (Lipinski definition) is 1. The van der Waals surface area contributed by atoms with Crippen molar-refractivity contribution in [3.63, 3.8) is 0 Å². The smallest absolute Gasteiger partial charge is 0.273 e. The molecular weight excluding hydrogens is 284 g/mol. The minimum absolute atomic E-state index is 0.135. The zero-order valence-corrected chi connectivity index (χ0v) is 13.0. The van der Waals surface area contributed by atoms with Crippen molar-refractivity contribution in [1.29, 1.82) is 0 Å². The van der Waals surface area contributed by atoms with Gasteiger partial charge in [0.2, 0.25) is 0 Å². The molecule has 0 aromatic carbocycles. The maximum Gasteiger partial charge on any atom is 0.273 e. The first-order valence-electron chi connectivity index (χ1n) is 7.03. The molecule has 0 saturated carbocycles. The number of nitrogens with zero attached hydrogens (tertiary/aromatic N) is 3. The van der Waals surface area contributed by atoms with Gasteiger partial charge < -0.3 is 10.2 Å². The fraction of sp³-hybridized carbons (Fsp3) is 0.400. The lowest BCUT2D eigenvalue weighted by molar-refractivity contribution is 0.0821. The van der Waals surface area contributed by atoms with Gasteiger partial charge in [0.1, 0.15) is 5.82 Å². The van der Waals surface area contributed by atoms with Crippen LogP contribution in [0, 0.1) is 0 Å². The Hall–Kier alpha value is -1.95. The van der Waals surface area contributed by atoms with Crippen LogP contribution >= 0.6 is 11.3 Å². The van der Waals surface area contributed by atoms with Gasteiger partial charge in [-0.15, -0.1) is 21.5 Å². The molecule has 5 nitrogen and oxygen atoms in total. The van der Waals surface area contributed by atoms with Crippen molar-refractivity contribution in [3.8, 4) is 0 Å². The van der Waals surface area contributed by atoms with E-state index in [4.69, 9.17) is 0 Å². The average Bonchev–Trinajstić information content (AvgIpc) is 3.06.